The van der Waals surface area contributed by atoms with Crippen molar-refractivity contribution in [1.82, 2.24) is 9.47 Å². The lowest BCUT2D eigenvalue weighted by Gasteiger charge is -2.11. The quantitative estimate of drug-likeness (QED) is 0.880. The van der Waals surface area contributed by atoms with Crippen LogP contribution in [0.4, 0.5) is 5.69 Å². The predicted molar refractivity (Wildman–Crippen MR) is 93.6 cm³/mol. The second-order valence-electron chi connectivity index (χ2n) is 5.11. The van der Waals surface area contributed by atoms with Gasteiger partial charge in [0.1, 0.15) is 5.75 Å². The van der Waals surface area contributed by atoms with Crippen molar-refractivity contribution in [3.8, 4) is 5.75 Å². The predicted octanol–water partition coefficient (Wildman–Crippen LogP) is 3.35. The number of hydrogen-bond acceptors (Lipinski definition) is 4. The van der Waals surface area contributed by atoms with Gasteiger partial charge in [-0.1, -0.05) is 0 Å². The Balaban J connectivity index is 1.93. The summed E-state index contributed by atoms with van der Waals surface area (Å²) < 4.78 is 1.96. The van der Waals surface area contributed by atoms with Crippen LogP contribution in [0.3, 0.4) is 0 Å². The first kappa shape index (κ1) is 15.4. The summed E-state index contributed by atoms with van der Waals surface area (Å²) in [5, 5.41) is 10.00. The van der Waals surface area contributed by atoms with Gasteiger partial charge < -0.3 is 9.67 Å². The van der Waals surface area contributed by atoms with Crippen LogP contribution in [0.5, 0.6) is 5.75 Å². The number of phenols is 1. The topological polar surface area (TPSA) is 57.8 Å². The Morgan fingerprint density at radius 1 is 1.26 bits per heavy atom. The molecular formula is C17H17N3O2S. The number of hydrogen-bond donors (Lipinski definition) is 1. The van der Waals surface area contributed by atoms with Crippen molar-refractivity contribution in [1.29, 1.82) is 0 Å². The summed E-state index contributed by atoms with van der Waals surface area (Å²) in [5.74, 6) is 0.164. The SMILES string of the molecule is CCN1C(=O)/C(=C/c2cccn2C)SC1=Nc1ccc(O)cc1. The number of rotatable bonds is 3. The Labute approximate surface area is 139 Å². The molecule has 3 rings (SSSR count). The molecule has 0 saturated carbocycles. The molecule has 0 atom stereocenters. The number of benzene rings is 1. The van der Waals surface area contributed by atoms with Crippen LogP contribution >= 0.6 is 11.8 Å². The smallest absolute Gasteiger partial charge is 0.266 e. The summed E-state index contributed by atoms with van der Waals surface area (Å²) in [6.45, 7) is 2.49. The summed E-state index contributed by atoms with van der Waals surface area (Å²) >= 11 is 1.37. The first-order chi connectivity index (χ1) is 11.1. The Morgan fingerprint density at radius 3 is 2.61 bits per heavy atom. The lowest BCUT2D eigenvalue weighted by atomic mass is 10.3. The maximum Gasteiger partial charge on any atom is 0.266 e. The number of aliphatic imine (C=N–C) groups is 1. The van der Waals surface area contributed by atoms with Gasteiger partial charge in [-0.15, -0.1) is 0 Å². The summed E-state index contributed by atoms with van der Waals surface area (Å²) in [5.41, 5.74) is 1.68. The third-order valence-corrected chi connectivity index (χ3v) is 4.55. The minimum atomic E-state index is -0.0313. The molecule has 0 bridgehead atoms. The molecule has 1 aromatic heterocycles. The molecule has 23 heavy (non-hydrogen) atoms. The zero-order valence-corrected chi connectivity index (χ0v) is 13.7. The second kappa shape index (κ2) is 6.34. The van der Waals surface area contributed by atoms with Crippen LogP contribution in [-0.4, -0.2) is 32.2 Å². The molecule has 1 N–H and O–H groups in total. The highest BCUT2D eigenvalue weighted by molar-refractivity contribution is 8.18. The lowest BCUT2D eigenvalue weighted by Crippen LogP contribution is -2.28. The van der Waals surface area contributed by atoms with Crippen molar-refractivity contribution in [2.24, 2.45) is 12.0 Å². The molecule has 0 aliphatic carbocycles. The van der Waals surface area contributed by atoms with Gasteiger partial charge in [-0.05, 0) is 61.2 Å². The number of likely N-dealkylation sites (N-methyl/N-ethyl adjacent to an activating group) is 1. The highest BCUT2D eigenvalue weighted by Crippen LogP contribution is 2.34. The number of thioether (sulfide) groups is 1. The molecule has 2 heterocycles. The van der Waals surface area contributed by atoms with E-state index in [0.29, 0.717) is 22.3 Å². The molecule has 0 spiro atoms. The first-order valence-electron chi connectivity index (χ1n) is 7.29. The monoisotopic (exact) mass is 327 g/mol. The standard InChI is InChI=1S/C17H17N3O2S/c1-3-20-16(22)15(11-13-5-4-10-19(13)2)23-17(20)18-12-6-8-14(21)9-7-12/h4-11,21H,3H2,1-2H3/b15-11-,18-17?. The average molecular weight is 327 g/mol. The Bertz CT molecular complexity index is 790. The molecule has 1 fully saturated rings. The van der Waals surface area contributed by atoms with Crippen LogP contribution in [0.25, 0.3) is 6.08 Å². The van der Waals surface area contributed by atoms with Crippen molar-refractivity contribution in [2.75, 3.05) is 6.54 Å². The van der Waals surface area contributed by atoms with Crippen molar-refractivity contribution in [2.45, 2.75) is 6.92 Å². The zero-order valence-electron chi connectivity index (χ0n) is 12.9. The maximum absolute atomic E-state index is 12.5. The van der Waals surface area contributed by atoms with Crippen molar-refractivity contribution in [3.05, 3.63) is 53.2 Å². The van der Waals surface area contributed by atoms with E-state index in [1.54, 1.807) is 29.2 Å². The van der Waals surface area contributed by atoms with Crippen molar-refractivity contribution in [3.63, 3.8) is 0 Å². The normalized spacial score (nSPS) is 18.3. The summed E-state index contributed by atoms with van der Waals surface area (Å²) in [6.07, 6.45) is 3.83. The fourth-order valence-electron chi connectivity index (χ4n) is 2.27. The fraction of sp³-hybridized carbons (Fsp3) is 0.176. The number of phenolic OH excluding ortho intramolecular Hbond substituents is 1. The van der Waals surface area contributed by atoms with E-state index in [1.165, 1.54) is 11.8 Å². The Morgan fingerprint density at radius 2 is 2.00 bits per heavy atom. The third-order valence-electron chi connectivity index (χ3n) is 3.54. The fourth-order valence-corrected chi connectivity index (χ4v) is 3.31. The van der Waals surface area contributed by atoms with Gasteiger partial charge in [-0.2, -0.15) is 0 Å². The maximum atomic E-state index is 12.5. The Kier molecular flexibility index (Phi) is 4.25. The van der Waals surface area contributed by atoms with E-state index in [0.717, 1.165) is 5.69 Å². The minimum Gasteiger partial charge on any atom is -0.508 e. The highest BCUT2D eigenvalue weighted by atomic mass is 32.2. The van der Waals surface area contributed by atoms with Gasteiger partial charge in [-0.3, -0.25) is 9.69 Å². The van der Waals surface area contributed by atoms with E-state index < -0.39 is 0 Å². The number of aromatic hydroxyl groups is 1. The molecule has 6 heteroatoms. The molecule has 2 aromatic rings. The zero-order chi connectivity index (χ0) is 16.4. The number of amides is 1. The van der Waals surface area contributed by atoms with E-state index in [-0.39, 0.29) is 11.7 Å². The van der Waals surface area contributed by atoms with E-state index in [2.05, 4.69) is 4.99 Å². The summed E-state index contributed by atoms with van der Waals surface area (Å²) in [4.78, 5) is 19.4. The van der Waals surface area contributed by atoms with Crippen LogP contribution in [0.15, 0.2) is 52.5 Å². The molecular weight excluding hydrogens is 310 g/mol. The number of aromatic nitrogens is 1. The van der Waals surface area contributed by atoms with Gasteiger partial charge in [0.25, 0.3) is 5.91 Å². The van der Waals surface area contributed by atoms with Crippen LogP contribution in [0.2, 0.25) is 0 Å². The van der Waals surface area contributed by atoms with Crippen LogP contribution < -0.4 is 0 Å². The van der Waals surface area contributed by atoms with Crippen LogP contribution in [0.1, 0.15) is 12.6 Å². The van der Waals surface area contributed by atoms with Gasteiger partial charge in [-0.25, -0.2) is 4.99 Å². The largest absolute Gasteiger partial charge is 0.508 e. The third kappa shape index (κ3) is 3.17. The number of carbonyl (C=O) groups is 1. The van der Waals surface area contributed by atoms with E-state index in [9.17, 15) is 9.90 Å². The molecule has 1 saturated heterocycles. The molecule has 0 unspecified atom stereocenters. The van der Waals surface area contributed by atoms with E-state index in [4.69, 9.17) is 0 Å². The lowest BCUT2D eigenvalue weighted by molar-refractivity contribution is -0.122. The van der Waals surface area contributed by atoms with Gasteiger partial charge in [0.05, 0.1) is 10.6 Å². The second-order valence-corrected chi connectivity index (χ2v) is 6.12. The number of carbonyl (C=O) groups excluding carboxylic acids is 1. The van der Waals surface area contributed by atoms with Gasteiger partial charge in [0.15, 0.2) is 5.17 Å². The number of amidine groups is 1. The van der Waals surface area contributed by atoms with Crippen LogP contribution in [-0.2, 0) is 11.8 Å². The first-order valence-corrected chi connectivity index (χ1v) is 8.10. The number of aryl methyl sites for hydroxylation is 1. The minimum absolute atomic E-state index is 0.0313. The van der Waals surface area contributed by atoms with Gasteiger partial charge >= 0.3 is 0 Å². The molecule has 0 radical (unpaired) electrons. The summed E-state index contributed by atoms with van der Waals surface area (Å²) in [6, 6.07) is 10.5. The molecule has 118 valence electrons. The highest BCUT2D eigenvalue weighted by Gasteiger charge is 2.32. The van der Waals surface area contributed by atoms with E-state index in [1.807, 2.05) is 42.9 Å². The molecule has 1 aliphatic heterocycles. The van der Waals surface area contributed by atoms with Gasteiger partial charge in [0.2, 0.25) is 0 Å². The number of nitrogens with zero attached hydrogens (tertiary/aromatic N) is 3. The molecule has 5 nitrogen and oxygen atoms in total. The van der Waals surface area contributed by atoms with Crippen molar-refractivity contribution >= 4 is 34.6 Å². The molecule has 1 aromatic carbocycles. The van der Waals surface area contributed by atoms with Gasteiger partial charge in [0, 0.05) is 25.5 Å². The van der Waals surface area contributed by atoms with Crippen molar-refractivity contribution < 1.29 is 9.90 Å². The molecule has 1 aliphatic rings. The Hall–Kier alpha value is -2.47. The van der Waals surface area contributed by atoms with Crippen LogP contribution in [0, 0.1) is 0 Å². The van der Waals surface area contributed by atoms with E-state index >= 15 is 0 Å². The summed E-state index contributed by atoms with van der Waals surface area (Å²) in [7, 11) is 1.94. The molecule has 1 amide bonds. The average Bonchev–Trinajstić information content (AvgIpc) is 3.06.